The molecule has 1 aromatic carbocycles. The lowest BCUT2D eigenvalue weighted by atomic mass is 10.2. The summed E-state index contributed by atoms with van der Waals surface area (Å²) < 4.78 is 20.2. The van der Waals surface area contributed by atoms with Gasteiger partial charge >= 0.3 is 5.97 Å². The molecular formula is C18H19FN4O3. The van der Waals surface area contributed by atoms with Gasteiger partial charge in [-0.2, -0.15) is 0 Å². The van der Waals surface area contributed by atoms with Gasteiger partial charge in [0, 0.05) is 23.3 Å². The Hall–Kier alpha value is -3.16. The minimum atomic E-state index is -0.887. The van der Waals surface area contributed by atoms with Crippen molar-refractivity contribution >= 4 is 22.8 Å². The number of carbonyl (C=O) groups is 2. The Morgan fingerprint density at radius 1 is 1.35 bits per heavy atom. The maximum atomic E-state index is 13.3. The number of H-pyrrole nitrogens is 1. The lowest BCUT2D eigenvalue weighted by Crippen LogP contribution is -2.45. The molecule has 0 aliphatic rings. The van der Waals surface area contributed by atoms with Crippen molar-refractivity contribution in [3.8, 4) is 0 Å². The third-order valence-corrected chi connectivity index (χ3v) is 3.72. The van der Waals surface area contributed by atoms with Crippen molar-refractivity contribution in [3.05, 3.63) is 54.5 Å². The first kappa shape index (κ1) is 17.7. The fourth-order valence-electron chi connectivity index (χ4n) is 2.56. The lowest BCUT2D eigenvalue weighted by molar-refractivity contribution is -0.150. The normalized spacial score (nSPS) is 12.3. The maximum absolute atomic E-state index is 13.3. The van der Waals surface area contributed by atoms with Gasteiger partial charge in [0.15, 0.2) is 0 Å². The molecule has 3 rings (SSSR count). The number of hydrogen-bond donors (Lipinski definition) is 2. The van der Waals surface area contributed by atoms with Crippen molar-refractivity contribution in [2.24, 2.45) is 0 Å². The van der Waals surface area contributed by atoms with Crippen LogP contribution in [-0.2, 0) is 16.1 Å². The number of benzene rings is 1. The molecule has 0 aliphatic carbocycles. The molecule has 0 radical (unpaired) electrons. The van der Waals surface area contributed by atoms with Gasteiger partial charge in [-0.1, -0.05) is 0 Å². The molecule has 0 saturated heterocycles. The number of fused-ring (bicyclic) bond motifs is 1. The summed E-state index contributed by atoms with van der Waals surface area (Å²) >= 11 is 0. The van der Waals surface area contributed by atoms with Crippen LogP contribution in [0.2, 0.25) is 0 Å². The van der Waals surface area contributed by atoms with Crippen LogP contribution < -0.4 is 5.32 Å². The topological polar surface area (TPSA) is 89.0 Å². The highest BCUT2D eigenvalue weighted by Gasteiger charge is 2.25. The highest BCUT2D eigenvalue weighted by atomic mass is 19.1. The van der Waals surface area contributed by atoms with E-state index in [0.29, 0.717) is 10.9 Å². The van der Waals surface area contributed by atoms with Gasteiger partial charge in [0.1, 0.15) is 17.6 Å². The number of amides is 1. The average molecular weight is 358 g/mol. The number of ether oxygens (including phenoxy) is 1. The number of aromatic amines is 1. The van der Waals surface area contributed by atoms with Crippen LogP contribution in [0.3, 0.4) is 0 Å². The van der Waals surface area contributed by atoms with Gasteiger partial charge in [0.25, 0.3) is 5.91 Å². The first-order valence-corrected chi connectivity index (χ1v) is 8.18. The Bertz CT molecular complexity index is 918. The Labute approximate surface area is 149 Å². The zero-order valence-electron chi connectivity index (χ0n) is 14.4. The molecule has 0 fully saturated rings. The molecule has 7 nitrogen and oxygen atoms in total. The molecule has 0 saturated carbocycles. The van der Waals surface area contributed by atoms with E-state index in [9.17, 15) is 14.0 Å². The van der Waals surface area contributed by atoms with Gasteiger partial charge in [0.05, 0.1) is 19.0 Å². The second kappa shape index (κ2) is 7.38. The van der Waals surface area contributed by atoms with Gasteiger partial charge in [-0.05, 0) is 38.1 Å². The molecule has 0 aliphatic heterocycles. The van der Waals surface area contributed by atoms with Crippen LogP contribution in [0.25, 0.3) is 10.9 Å². The third kappa shape index (κ3) is 4.08. The summed E-state index contributed by atoms with van der Waals surface area (Å²) in [5.41, 5.74) is 0.740. The second-order valence-electron chi connectivity index (χ2n) is 6.19. The van der Waals surface area contributed by atoms with Crippen LogP contribution in [-0.4, -0.2) is 38.6 Å². The minimum Gasteiger partial charge on any atom is -0.461 e. The van der Waals surface area contributed by atoms with E-state index in [1.54, 1.807) is 49.3 Å². The number of rotatable bonds is 6. The molecule has 0 unspecified atom stereocenters. The molecular weight excluding hydrogens is 339 g/mol. The van der Waals surface area contributed by atoms with Crippen molar-refractivity contribution in [2.45, 2.75) is 32.5 Å². The van der Waals surface area contributed by atoms with Crippen LogP contribution in [0.4, 0.5) is 4.39 Å². The van der Waals surface area contributed by atoms with E-state index in [1.165, 1.54) is 12.1 Å². The highest BCUT2D eigenvalue weighted by molar-refractivity contribution is 5.99. The summed E-state index contributed by atoms with van der Waals surface area (Å²) in [7, 11) is 0. The summed E-state index contributed by atoms with van der Waals surface area (Å²) in [6.45, 7) is 3.66. The molecule has 8 heteroatoms. The summed E-state index contributed by atoms with van der Waals surface area (Å²) in [4.78, 5) is 31.7. The van der Waals surface area contributed by atoms with E-state index in [0.717, 1.165) is 0 Å². The molecule has 0 bridgehead atoms. The quantitative estimate of drug-likeness (QED) is 0.662. The monoisotopic (exact) mass is 358 g/mol. The predicted octanol–water partition coefficient (Wildman–Crippen LogP) is 2.25. The van der Waals surface area contributed by atoms with Crippen LogP contribution in [0, 0.1) is 5.82 Å². The van der Waals surface area contributed by atoms with Crippen molar-refractivity contribution in [1.82, 2.24) is 19.9 Å². The van der Waals surface area contributed by atoms with Gasteiger partial charge < -0.3 is 19.6 Å². The molecule has 2 N–H and O–H groups in total. The molecule has 1 atom stereocenters. The van der Waals surface area contributed by atoms with E-state index in [2.05, 4.69) is 15.3 Å². The van der Waals surface area contributed by atoms with Crippen LogP contribution in [0.5, 0.6) is 0 Å². The lowest BCUT2D eigenvalue weighted by Gasteiger charge is -2.19. The first-order chi connectivity index (χ1) is 12.4. The average Bonchev–Trinajstić information content (AvgIpc) is 3.22. The third-order valence-electron chi connectivity index (χ3n) is 3.72. The maximum Gasteiger partial charge on any atom is 0.330 e. The number of nitrogens with one attached hydrogen (secondary N) is 2. The Kier molecular flexibility index (Phi) is 5.01. The van der Waals surface area contributed by atoms with E-state index < -0.39 is 23.7 Å². The Morgan fingerprint density at radius 3 is 2.85 bits per heavy atom. The Balaban J connectivity index is 1.79. The largest absolute Gasteiger partial charge is 0.461 e. The fraction of sp³-hybridized carbons (Fsp3) is 0.278. The number of esters is 1. The number of carbonyl (C=O) groups excluding carboxylic acids is 2. The Morgan fingerprint density at radius 2 is 2.15 bits per heavy atom. The molecule has 136 valence electrons. The van der Waals surface area contributed by atoms with Gasteiger partial charge in [-0.3, -0.25) is 4.79 Å². The van der Waals surface area contributed by atoms with E-state index in [1.807, 2.05) is 0 Å². The van der Waals surface area contributed by atoms with Crippen molar-refractivity contribution in [3.63, 3.8) is 0 Å². The summed E-state index contributed by atoms with van der Waals surface area (Å²) in [6, 6.07) is 4.92. The van der Waals surface area contributed by atoms with E-state index in [4.69, 9.17) is 4.74 Å². The van der Waals surface area contributed by atoms with Gasteiger partial charge in [-0.15, -0.1) is 0 Å². The minimum absolute atomic E-state index is 0.187. The molecule has 26 heavy (non-hydrogen) atoms. The number of hydrogen-bond acceptors (Lipinski definition) is 4. The highest BCUT2D eigenvalue weighted by Crippen LogP contribution is 2.16. The summed E-state index contributed by atoms with van der Waals surface area (Å²) in [5, 5.41) is 3.37. The number of aromatic nitrogens is 3. The van der Waals surface area contributed by atoms with Crippen LogP contribution in [0.1, 0.15) is 24.3 Å². The molecule has 2 aromatic heterocycles. The number of nitrogens with zero attached hydrogens (tertiary/aromatic N) is 2. The zero-order chi connectivity index (χ0) is 18.7. The summed E-state index contributed by atoms with van der Waals surface area (Å²) in [6.07, 6.45) is 4.51. The SMILES string of the molecule is CC(C)OC(=O)[C@H](Cn1ccnc1)NC(=O)c1cc2ccc(F)cc2[nH]1. The van der Waals surface area contributed by atoms with Crippen LogP contribution >= 0.6 is 0 Å². The number of halogens is 1. The zero-order valence-corrected chi connectivity index (χ0v) is 14.4. The number of imidazole rings is 1. The predicted molar refractivity (Wildman–Crippen MR) is 93.0 cm³/mol. The van der Waals surface area contributed by atoms with Crippen molar-refractivity contribution in [2.75, 3.05) is 0 Å². The van der Waals surface area contributed by atoms with E-state index in [-0.39, 0.29) is 18.3 Å². The standard InChI is InChI=1S/C18H19FN4O3/c1-11(2)26-18(25)16(9-23-6-5-20-10-23)22-17(24)15-7-12-3-4-13(19)8-14(12)21-15/h3-8,10-11,16,21H,9H2,1-2H3,(H,22,24)/t16-/m0/s1. The molecule has 0 spiro atoms. The van der Waals surface area contributed by atoms with Crippen LogP contribution in [0.15, 0.2) is 43.0 Å². The molecule has 3 aromatic rings. The molecule has 2 heterocycles. The fourth-order valence-corrected chi connectivity index (χ4v) is 2.56. The summed E-state index contributed by atoms with van der Waals surface area (Å²) in [5.74, 6) is -1.42. The van der Waals surface area contributed by atoms with E-state index >= 15 is 0 Å². The van der Waals surface area contributed by atoms with Gasteiger partial charge in [-0.25, -0.2) is 14.2 Å². The van der Waals surface area contributed by atoms with Crippen molar-refractivity contribution < 1.29 is 18.7 Å². The van der Waals surface area contributed by atoms with Gasteiger partial charge in [0.2, 0.25) is 0 Å². The molecule has 1 amide bonds. The second-order valence-corrected chi connectivity index (χ2v) is 6.19. The first-order valence-electron chi connectivity index (χ1n) is 8.18. The smallest absolute Gasteiger partial charge is 0.330 e. The van der Waals surface area contributed by atoms with Crippen molar-refractivity contribution in [1.29, 1.82) is 0 Å².